The molecule has 1 saturated heterocycles. The van der Waals surface area contributed by atoms with Crippen molar-refractivity contribution in [2.45, 2.75) is 32.9 Å². The summed E-state index contributed by atoms with van der Waals surface area (Å²) in [7, 11) is 3.81. The standard InChI is InChI=1S/C28H34N2O5/c1-7-16-34-21-10-8-20(9-11-21)25-24(27(32)28(33)30(25)15-14-29(5)6)26(31)23-13-12-22(17-19(23)4)35-18(2)3/h7-13,17-18,25,31H,1,14-16H2,2-6H3/b26-24+. The van der Waals surface area contributed by atoms with Crippen molar-refractivity contribution in [1.29, 1.82) is 0 Å². The number of ether oxygens (including phenoxy) is 2. The normalized spacial score (nSPS) is 17.3. The summed E-state index contributed by atoms with van der Waals surface area (Å²) in [6, 6.07) is 11.8. The van der Waals surface area contributed by atoms with Crippen LogP contribution in [-0.4, -0.2) is 66.5 Å². The molecule has 1 aliphatic rings. The van der Waals surface area contributed by atoms with E-state index in [1.165, 1.54) is 4.90 Å². The Balaban J connectivity index is 2.09. The Labute approximate surface area is 207 Å². The van der Waals surface area contributed by atoms with Crippen LogP contribution in [0.1, 0.15) is 36.6 Å². The van der Waals surface area contributed by atoms with E-state index in [4.69, 9.17) is 9.47 Å². The molecular weight excluding hydrogens is 444 g/mol. The zero-order valence-corrected chi connectivity index (χ0v) is 21.1. The molecule has 0 radical (unpaired) electrons. The summed E-state index contributed by atoms with van der Waals surface area (Å²) in [6.07, 6.45) is 1.67. The van der Waals surface area contributed by atoms with Gasteiger partial charge in [0.15, 0.2) is 0 Å². The van der Waals surface area contributed by atoms with E-state index in [1.807, 2.05) is 58.0 Å². The third kappa shape index (κ3) is 5.92. The maximum absolute atomic E-state index is 13.2. The van der Waals surface area contributed by atoms with Gasteiger partial charge in [0.2, 0.25) is 0 Å². The molecule has 1 unspecified atom stereocenters. The third-order valence-electron chi connectivity index (χ3n) is 5.72. The number of hydrogen-bond donors (Lipinski definition) is 1. The third-order valence-corrected chi connectivity index (χ3v) is 5.72. The van der Waals surface area contributed by atoms with Gasteiger partial charge >= 0.3 is 0 Å². The molecule has 0 aromatic heterocycles. The average Bonchev–Trinajstić information content (AvgIpc) is 3.06. The zero-order valence-electron chi connectivity index (χ0n) is 21.1. The molecule has 35 heavy (non-hydrogen) atoms. The van der Waals surface area contributed by atoms with Gasteiger partial charge in [0.1, 0.15) is 23.9 Å². The minimum Gasteiger partial charge on any atom is -0.507 e. The number of aliphatic hydroxyl groups excluding tert-OH is 1. The number of amides is 1. The Hall–Kier alpha value is -3.58. The Morgan fingerprint density at radius 2 is 1.80 bits per heavy atom. The number of rotatable bonds is 10. The largest absolute Gasteiger partial charge is 0.507 e. The van der Waals surface area contributed by atoms with E-state index in [9.17, 15) is 14.7 Å². The van der Waals surface area contributed by atoms with Gasteiger partial charge in [-0.25, -0.2) is 0 Å². The Bertz CT molecular complexity index is 1120. The second-order valence-electron chi connectivity index (χ2n) is 9.11. The van der Waals surface area contributed by atoms with E-state index in [1.54, 1.807) is 30.3 Å². The van der Waals surface area contributed by atoms with Crippen LogP contribution in [0, 0.1) is 6.92 Å². The summed E-state index contributed by atoms with van der Waals surface area (Å²) in [5.41, 5.74) is 2.02. The minimum atomic E-state index is -0.714. The minimum absolute atomic E-state index is 0.00861. The summed E-state index contributed by atoms with van der Waals surface area (Å²) in [5.74, 6) is -0.188. The first kappa shape index (κ1) is 26.0. The topological polar surface area (TPSA) is 79.3 Å². The molecule has 0 aliphatic carbocycles. The molecule has 7 nitrogen and oxygen atoms in total. The predicted octanol–water partition coefficient (Wildman–Crippen LogP) is 4.33. The number of likely N-dealkylation sites (N-methyl/N-ethyl adjacent to an activating group) is 1. The zero-order chi connectivity index (χ0) is 25.7. The molecule has 2 aromatic carbocycles. The van der Waals surface area contributed by atoms with Crippen molar-refractivity contribution in [3.8, 4) is 11.5 Å². The highest BCUT2D eigenvalue weighted by atomic mass is 16.5. The highest BCUT2D eigenvalue weighted by Crippen LogP contribution is 2.40. The first-order valence-corrected chi connectivity index (χ1v) is 11.7. The van der Waals surface area contributed by atoms with E-state index < -0.39 is 17.7 Å². The molecular formula is C28H34N2O5. The van der Waals surface area contributed by atoms with Crippen molar-refractivity contribution in [3.63, 3.8) is 0 Å². The van der Waals surface area contributed by atoms with Gasteiger partial charge in [-0.2, -0.15) is 0 Å². The van der Waals surface area contributed by atoms with Crippen LogP contribution in [0.25, 0.3) is 5.76 Å². The number of likely N-dealkylation sites (tertiary alicyclic amines) is 1. The summed E-state index contributed by atoms with van der Waals surface area (Å²) < 4.78 is 11.3. The molecule has 0 bridgehead atoms. The second-order valence-corrected chi connectivity index (χ2v) is 9.11. The van der Waals surface area contributed by atoms with Gasteiger partial charge in [-0.15, -0.1) is 0 Å². The Morgan fingerprint density at radius 3 is 2.37 bits per heavy atom. The molecule has 1 N–H and O–H groups in total. The summed E-state index contributed by atoms with van der Waals surface area (Å²) in [5, 5.41) is 11.4. The number of ketones is 1. The van der Waals surface area contributed by atoms with Crippen LogP contribution in [0.4, 0.5) is 0 Å². The predicted molar refractivity (Wildman–Crippen MR) is 137 cm³/mol. The molecule has 186 valence electrons. The van der Waals surface area contributed by atoms with Crippen LogP contribution < -0.4 is 9.47 Å². The molecule has 0 spiro atoms. The molecule has 1 aliphatic heterocycles. The molecule has 1 amide bonds. The lowest BCUT2D eigenvalue weighted by Crippen LogP contribution is -2.35. The van der Waals surface area contributed by atoms with Gasteiger partial charge in [-0.05, 0) is 76.3 Å². The van der Waals surface area contributed by atoms with E-state index >= 15 is 0 Å². The van der Waals surface area contributed by atoms with Crippen LogP contribution in [0.3, 0.4) is 0 Å². The maximum atomic E-state index is 13.2. The molecule has 3 rings (SSSR count). The molecule has 1 atom stereocenters. The van der Waals surface area contributed by atoms with Crippen molar-refractivity contribution in [1.82, 2.24) is 9.80 Å². The number of aryl methyl sites for hydroxylation is 1. The lowest BCUT2D eigenvalue weighted by molar-refractivity contribution is -0.140. The molecule has 2 aromatic rings. The fraction of sp³-hybridized carbons (Fsp3) is 0.357. The SMILES string of the molecule is C=CCOc1ccc(C2/C(=C(\O)c3ccc(OC(C)C)cc3C)C(=O)C(=O)N2CCN(C)C)cc1. The van der Waals surface area contributed by atoms with Gasteiger partial charge in [0, 0.05) is 18.7 Å². The van der Waals surface area contributed by atoms with Gasteiger partial charge < -0.3 is 24.4 Å². The summed E-state index contributed by atoms with van der Waals surface area (Å²) >= 11 is 0. The smallest absolute Gasteiger partial charge is 0.295 e. The van der Waals surface area contributed by atoms with Gasteiger partial charge in [0.25, 0.3) is 11.7 Å². The van der Waals surface area contributed by atoms with E-state index in [2.05, 4.69) is 6.58 Å². The van der Waals surface area contributed by atoms with Crippen LogP contribution in [0.5, 0.6) is 11.5 Å². The number of nitrogens with zero attached hydrogens (tertiary/aromatic N) is 2. The van der Waals surface area contributed by atoms with Crippen LogP contribution in [0.15, 0.2) is 60.7 Å². The van der Waals surface area contributed by atoms with E-state index in [0.717, 1.165) is 5.56 Å². The average molecular weight is 479 g/mol. The van der Waals surface area contributed by atoms with E-state index in [0.29, 0.717) is 42.3 Å². The van der Waals surface area contributed by atoms with Crippen molar-refractivity contribution >= 4 is 17.4 Å². The number of carbonyl (C=O) groups is 2. The van der Waals surface area contributed by atoms with Crippen LogP contribution >= 0.6 is 0 Å². The van der Waals surface area contributed by atoms with E-state index in [-0.39, 0.29) is 17.4 Å². The second kappa shape index (κ2) is 11.2. The first-order valence-electron chi connectivity index (χ1n) is 11.7. The maximum Gasteiger partial charge on any atom is 0.295 e. The van der Waals surface area contributed by atoms with Crippen molar-refractivity contribution in [2.75, 3.05) is 33.8 Å². The number of aliphatic hydroxyl groups is 1. The van der Waals surface area contributed by atoms with Gasteiger partial charge in [-0.1, -0.05) is 24.8 Å². The lowest BCUT2D eigenvalue weighted by Gasteiger charge is -2.27. The van der Waals surface area contributed by atoms with Gasteiger partial charge in [-0.3, -0.25) is 9.59 Å². The molecule has 0 saturated carbocycles. The highest BCUT2D eigenvalue weighted by Gasteiger charge is 2.46. The Kier molecular flexibility index (Phi) is 8.35. The Morgan fingerprint density at radius 1 is 1.14 bits per heavy atom. The summed E-state index contributed by atoms with van der Waals surface area (Å²) in [4.78, 5) is 29.8. The summed E-state index contributed by atoms with van der Waals surface area (Å²) in [6.45, 7) is 10.6. The fourth-order valence-electron chi connectivity index (χ4n) is 4.06. The molecule has 1 fully saturated rings. The number of hydrogen-bond acceptors (Lipinski definition) is 6. The van der Waals surface area contributed by atoms with Crippen molar-refractivity contribution in [2.24, 2.45) is 0 Å². The van der Waals surface area contributed by atoms with Crippen molar-refractivity contribution < 1.29 is 24.2 Å². The van der Waals surface area contributed by atoms with Crippen molar-refractivity contribution in [3.05, 3.63) is 77.4 Å². The van der Waals surface area contributed by atoms with Crippen LogP contribution in [-0.2, 0) is 9.59 Å². The quantitative estimate of drug-likeness (QED) is 0.237. The monoisotopic (exact) mass is 478 g/mol. The number of Topliss-reactive ketones (excluding diaryl/α,β-unsaturated/α-hetero) is 1. The lowest BCUT2D eigenvalue weighted by atomic mass is 9.94. The first-order chi connectivity index (χ1) is 16.6. The molecule has 1 heterocycles. The molecule has 7 heteroatoms. The van der Waals surface area contributed by atoms with Crippen LogP contribution in [0.2, 0.25) is 0 Å². The fourth-order valence-corrected chi connectivity index (χ4v) is 4.06. The number of carbonyl (C=O) groups excluding carboxylic acids is 2. The van der Waals surface area contributed by atoms with Gasteiger partial charge in [0.05, 0.1) is 17.7 Å². The highest BCUT2D eigenvalue weighted by molar-refractivity contribution is 6.46. The number of benzene rings is 2.